The lowest BCUT2D eigenvalue weighted by molar-refractivity contribution is 0.577. The van der Waals surface area contributed by atoms with Crippen molar-refractivity contribution in [3.63, 3.8) is 0 Å². The van der Waals surface area contributed by atoms with E-state index in [2.05, 4.69) is 23.8 Å². The molecule has 0 aliphatic carbocycles. The Morgan fingerprint density at radius 2 is 2.40 bits per heavy atom. The minimum atomic E-state index is 0.769. The molecule has 1 N–H and O–H groups in total. The van der Waals surface area contributed by atoms with Crippen LogP contribution in [0, 0.1) is 5.92 Å². The SMILES string of the molecule is CC(C)CCc1ncc[nH]1. The van der Waals surface area contributed by atoms with Gasteiger partial charge in [-0.1, -0.05) is 13.8 Å². The highest BCUT2D eigenvalue weighted by atomic mass is 14.9. The van der Waals surface area contributed by atoms with Gasteiger partial charge in [0.25, 0.3) is 0 Å². The Labute approximate surface area is 61.7 Å². The van der Waals surface area contributed by atoms with Gasteiger partial charge in [0.1, 0.15) is 5.82 Å². The van der Waals surface area contributed by atoms with Crippen LogP contribution in [0.5, 0.6) is 0 Å². The van der Waals surface area contributed by atoms with Gasteiger partial charge >= 0.3 is 0 Å². The van der Waals surface area contributed by atoms with Gasteiger partial charge < -0.3 is 4.98 Å². The molecule has 0 fully saturated rings. The summed E-state index contributed by atoms with van der Waals surface area (Å²) in [6.45, 7) is 4.45. The van der Waals surface area contributed by atoms with E-state index in [1.807, 2.05) is 6.20 Å². The lowest BCUT2D eigenvalue weighted by Crippen LogP contribution is -1.93. The molecular formula is C8H14N2. The molecule has 1 aromatic rings. The number of aromatic nitrogens is 2. The van der Waals surface area contributed by atoms with Gasteiger partial charge in [-0.25, -0.2) is 4.98 Å². The van der Waals surface area contributed by atoms with Gasteiger partial charge in [0.05, 0.1) is 0 Å². The van der Waals surface area contributed by atoms with E-state index < -0.39 is 0 Å². The summed E-state index contributed by atoms with van der Waals surface area (Å²) in [6, 6.07) is 0. The van der Waals surface area contributed by atoms with Crippen LogP contribution < -0.4 is 0 Å². The molecule has 0 spiro atoms. The van der Waals surface area contributed by atoms with Gasteiger partial charge in [0, 0.05) is 18.8 Å². The summed E-state index contributed by atoms with van der Waals surface area (Å²) in [6.07, 6.45) is 5.96. The fourth-order valence-electron chi connectivity index (χ4n) is 0.860. The molecule has 1 heterocycles. The Balaban J connectivity index is 2.28. The molecule has 10 heavy (non-hydrogen) atoms. The van der Waals surface area contributed by atoms with Gasteiger partial charge in [0.2, 0.25) is 0 Å². The fourth-order valence-corrected chi connectivity index (χ4v) is 0.860. The van der Waals surface area contributed by atoms with Crippen LogP contribution in [0.25, 0.3) is 0 Å². The van der Waals surface area contributed by atoms with E-state index in [-0.39, 0.29) is 0 Å². The summed E-state index contributed by atoms with van der Waals surface area (Å²) in [7, 11) is 0. The minimum absolute atomic E-state index is 0.769. The van der Waals surface area contributed by atoms with Crippen LogP contribution in [0.4, 0.5) is 0 Å². The second kappa shape index (κ2) is 3.40. The molecule has 0 radical (unpaired) electrons. The predicted octanol–water partition coefficient (Wildman–Crippen LogP) is 2.00. The maximum absolute atomic E-state index is 4.13. The molecule has 0 aliphatic rings. The molecule has 0 saturated carbocycles. The number of hydrogen-bond acceptors (Lipinski definition) is 1. The number of hydrogen-bond donors (Lipinski definition) is 1. The van der Waals surface area contributed by atoms with E-state index in [1.54, 1.807) is 6.20 Å². The van der Waals surface area contributed by atoms with Crippen LogP contribution in [0.2, 0.25) is 0 Å². The third-order valence-corrected chi connectivity index (χ3v) is 1.51. The molecule has 2 heteroatoms. The van der Waals surface area contributed by atoms with Crippen LogP contribution in [0.1, 0.15) is 26.1 Å². The first-order valence-corrected chi connectivity index (χ1v) is 3.77. The fraction of sp³-hybridized carbons (Fsp3) is 0.625. The Bertz CT molecular complexity index is 165. The maximum Gasteiger partial charge on any atom is 0.106 e. The highest BCUT2D eigenvalue weighted by Crippen LogP contribution is 2.03. The average molecular weight is 138 g/mol. The van der Waals surface area contributed by atoms with Crippen molar-refractivity contribution in [2.45, 2.75) is 26.7 Å². The van der Waals surface area contributed by atoms with Crippen molar-refractivity contribution in [3.05, 3.63) is 18.2 Å². The first kappa shape index (κ1) is 7.32. The quantitative estimate of drug-likeness (QED) is 0.680. The topological polar surface area (TPSA) is 28.7 Å². The molecular weight excluding hydrogens is 124 g/mol. The zero-order chi connectivity index (χ0) is 7.40. The number of rotatable bonds is 3. The molecule has 0 bridgehead atoms. The Morgan fingerprint density at radius 3 is 2.90 bits per heavy atom. The number of aryl methyl sites for hydroxylation is 1. The molecule has 1 aromatic heterocycles. The molecule has 0 atom stereocenters. The zero-order valence-electron chi connectivity index (χ0n) is 6.59. The van der Waals surface area contributed by atoms with E-state index in [0.717, 1.165) is 18.2 Å². The second-order valence-electron chi connectivity index (χ2n) is 2.97. The summed E-state index contributed by atoms with van der Waals surface area (Å²) >= 11 is 0. The molecule has 2 nitrogen and oxygen atoms in total. The maximum atomic E-state index is 4.13. The van der Waals surface area contributed by atoms with Gasteiger partial charge in [0.15, 0.2) is 0 Å². The number of nitrogens with one attached hydrogen (secondary N) is 1. The van der Waals surface area contributed by atoms with Crippen LogP contribution >= 0.6 is 0 Å². The highest BCUT2D eigenvalue weighted by molar-refractivity contribution is 4.86. The lowest BCUT2D eigenvalue weighted by atomic mass is 10.1. The molecule has 0 unspecified atom stereocenters. The van der Waals surface area contributed by atoms with E-state index >= 15 is 0 Å². The molecule has 1 rings (SSSR count). The monoisotopic (exact) mass is 138 g/mol. The standard InChI is InChI=1S/C8H14N2/c1-7(2)3-4-8-9-5-6-10-8/h5-7H,3-4H2,1-2H3,(H,9,10). The largest absolute Gasteiger partial charge is 0.349 e. The van der Waals surface area contributed by atoms with Gasteiger partial charge in [-0.2, -0.15) is 0 Å². The van der Waals surface area contributed by atoms with E-state index in [9.17, 15) is 0 Å². The van der Waals surface area contributed by atoms with Gasteiger partial charge in [-0.05, 0) is 12.3 Å². The van der Waals surface area contributed by atoms with Crippen molar-refractivity contribution < 1.29 is 0 Å². The summed E-state index contributed by atoms with van der Waals surface area (Å²) < 4.78 is 0. The van der Waals surface area contributed by atoms with Crippen molar-refractivity contribution >= 4 is 0 Å². The van der Waals surface area contributed by atoms with Gasteiger partial charge in [-0.3, -0.25) is 0 Å². The number of nitrogens with zero attached hydrogens (tertiary/aromatic N) is 1. The second-order valence-corrected chi connectivity index (χ2v) is 2.97. The summed E-state index contributed by atoms with van der Waals surface area (Å²) in [4.78, 5) is 7.21. The Morgan fingerprint density at radius 1 is 1.60 bits per heavy atom. The van der Waals surface area contributed by atoms with Crippen LogP contribution in [0.15, 0.2) is 12.4 Å². The number of aromatic amines is 1. The summed E-state index contributed by atoms with van der Waals surface area (Å²) in [5, 5.41) is 0. The van der Waals surface area contributed by atoms with Crippen molar-refractivity contribution in [2.75, 3.05) is 0 Å². The average Bonchev–Trinajstić information content (AvgIpc) is 2.34. The van der Waals surface area contributed by atoms with Crippen molar-refractivity contribution in [3.8, 4) is 0 Å². The lowest BCUT2D eigenvalue weighted by Gasteiger charge is -2.00. The van der Waals surface area contributed by atoms with E-state index in [4.69, 9.17) is 0 Å². The first-order valence-electron chi connectivity index (χ1n) is 3.77. The Hall–Kier alpha value is -0.790. The normalized spacial score (nSPS) is 10.7. The molecule has 56 valence electrons. The number of H-pyrrole nitrogens is 1. The third-order valence-electron chi connectivity index (χ3n) is 1.51. The molecule has 0 amide bonds. The van der Waals surface area contributed by atoms with Crippen molar-refractivity contribution in [2.24, 2.45) is 5.92 Å². The van der Waals surface area contributed by atoms with Crippen LogP contribution in [-0.4, -0.2) is 9.97 Å². The van der Waals surface area contributed by atoms with Crippen LogP contribution in [-0.2, 0) is 6.42 Å². The molecule has 0 aliphatic heterocycles. The molecule has 0 saturated heterocycles. The number of imidazole rings is 1. The third kappa shape index (κ3) is 2.21. The zero-order valence-corrected chi connectivity index (χ0v) is 6.59. The van der Waals surface area contributed by atoms with E-state index in [0.29, 0.717) is 0 Å². The summed E-state index contributed by atoms with van der Waals surface area (Å²) in [5.41, 5.74) is 0. The van der Waals surface area contributed by atoms with Crippen molar-refractivity contribution in [1.29, 1.82) is 0 Å². The Kier molecular flexibility index (Phi) is 2.49. The van der Waals surface area contributed by atoms with E-state index in [1.165, 1.54) is 6.42 Å². The van der Waals surface area contributed by atoms with Crippen molar-refractivity contribution in [1.82, 2.24) is 9.97 Å². The molecule has 0 aromatic carbocycles. The smallest absolute Gasteiger partial charge is 0.106 e. The first-order chi connectivity index (χ1) is 4.79. The van der Waals surface area contributed by atoms with Crippen LogP contribution in [0.3, 0.4) is 0 Å². The highest BCUT2D eigenvalue weighted by Gasteiger charge is 1.96. The minimum Gasteiger partial charge on any atom is -0.349 e. The predicted molar refractivity (Wildman–Crippen MR) is 41.7 cm³/mol. The summed E-state index contributed by atoms with van der Waals surface area (Å²) in [5.74, 6) is 1.87. The van der Waals surface area contributed by atoms with Gasteiger partial charge in [-0.15, -0.1) is 0 Å².